The van der Waals surface area contributed by atoms with E-state index in [0.717, 1.165) is 5.56 Å². The molecule has 21 heavy (non-hydrogen) atoms. The minimum Gasteiger partial charge on any atom is -0.363 e. The van der Waals surface area contributed by atoms with Crippen molar-refractivity contribution in [3.63, 3.8) is 0 Å². The smallest absolute Gasteiger partial charge is 0.255 e. The van der Waals surface area contributed by atoms with Gasteiger partial charge in [0, 0.05) is 6.54 Å². The van der Waals surface area contributed by atoms with E-state index in [4.69, 9.17) is 4.74 Å². The molecule has 1 aliphatic rings. The molecule has 1 aromatic carbocycles. The molecule has 0 radical (unpaired) electrons. The summed E-state index contributed by atoms with van der Waals surface area (Å²) < 4.78 is 28.8. The molecule has 2 rings (SSSR count). The summed E-state index contributed by atoms with van der Waals surface area (Å²) in [5, 5.41) is 0. The molecule has 0 bridgehead atoms. The van der Waals surface area contributed by atoms with E-state index in [1.165, 1.54) is 4.90 Å². The number of ether oxygens (including phenoxy) is 1. The van der Waals surface area contributed by atoms with Gasteiger partial charge in [-0.2, -0.15) is 0 Å². The molecular formula is C15H21NO4S. The third-order valence-electron chi connectivity index (χ3n) is 3.40. The van der Waals surface area contributed by atoms with Crippen molar-refractivity contribution in [3.8, 4) is 0 Å². The van der Waals surface area contributed by atoms with E-state index in [2.05, 4.69) is 0 Å². The van der Waals surface area contributed by atoms with Crippen LogP contribution in [0.1, 0.15) is 26.3 Å². The van der Waals surface area contributed by atoms with Gasteiger partial charge in [-0.1, -0.05) is 30.3 Å². The van der Waals surface area contributed by atoms with Gasteiger partial charge in [0.05, 0.1) is 11.4 Å². The molecule has 1 aromatic rings. The van der Waals surface area contributed by atoms with Crippen LogP contribution in [-0.2, 0) is 25.9 Å². The van der Waals surface area contributed by atoms with Gasteiger partial charge in [-0.25, -0.2) is 8.42 Å². The van der Waals surface area contributed by atoms with Crippen LogP contribution in [0.2, 0.25) is 0 Å². The predicted molar refractivity (Wildman–Crippen MR) is 80.3 cm³/mol. The van der Waals surface area contributed by atoms with Gasteiger partial charge in [0.2, 0.25) is 0 Å². The molecule has 116 valence electrons. The van der Waals surface area contributed by atoms with Gasteiger partial charge in [0.15, 0.2) is 15.9 Å². The quantitative estimate of drug-likeness (QED) is 0.774. The van der Waals surface area contributed by atoms with E-state index in [-0.39, 0.29) is 18.3 Å². The fourth-order valence-corrected chi connectivity index (χ4v) is 2.80. The highest BCUT2D eigenvalue weighted by molar-refractivity contribution is 7.92. The molecule has 0 aliphatic carbocycles. The minimum atomic E-state index is -3.42. The Hall–Kier alpha value is -1.40. The number of epoxide rings is 1. The fourth-order valence-electron chi connectivity index (χ4n) is 1.78. The fraction of sp³-hybridized carbons (Fsp3) is 0.533. The lowest BCUT2D eigenvalue weighted by atomic mass is 10.2. The molecule has 0 spiro atoms. The van der Waals surface area contributed by atoms with Crippen molar-refractivity contribution in [1.29, 1.82) is 0 Å². The summed E-state index contributed by atoms with van der Waals surface area (Å²) >= 11 is 0. The Labute approximate surface area is 125 Å². The molecule has 1 aliphatic heterocycles. The number of carbonyl (C=O) groups is 1. The van der Waals surface area contributed by atoms with Gasteiger partial charge in [-0.05, 0) is 26.3 Å². The lowest BCUT2D eigenvalue weighted by molar-refractivity contribution is -0.132. The van der Waals surface area contributed by atoms with Crippen LogP contribution in [0, 0.1) is 0 Å². The second-order valence-electron chi connectivity index (χ2n) is 6.20. The van der Waals surface area contributed by atoms with Crippen LogP contribution < -0.4 is 0 Å². The minimum absolute atomic E-state index is 0.258. The zero-order chi connectivity index (χ0) is 15.7. The lowest BCUT2D eigenvalue weighted by Gasteiger charge is -2.27. The van der Waals surface area contributed by atoms with Crippen LogP contribution in [0.4, 0.5) is 0 Å². The van der Waals surface area contributed by atoms with Gasteiger partial charge in [0.25, 0.3) is 5.91 Å². The van der Waals surface area contributed by atoms with Gasteiger partial charge >= 0.3 is 0 Å². The molecule has 1 heterocycles. The number of carbonyl (C=O) groups excluding carboxylic acids is 1. The van der Waals surface area contributed by atoms with E-state index in [9.17, 15) is 13.2 Å². The first-order chi connectivity index (χ1) is 9.71. The van der Waals surface area contributed by atoms with Crippen LogP contribution in [0.3, 0.4) is 0 Å². The monoisotopic (exact) mass is 311 g/mol. The summed E-state index contributed by atoms with van der Waals surface area (Å²) in [6.07, 6.45) is -0.483. The van der Waals surface area contributed by atoms with Crippen molar-refractivity contribution in [2.45, 2.75) is 38.2 Å². The molecule has 6 heteroatoms. The molecule has 1 saturated heterocycles. The van der Waals surface area contributed by atoms with Crippen molar-refractivity contribution in [3.05, 3.63) is 35.9 Å². The second kappa shape index (κ2) is 5.77. The Morgan fingerprint density at radius 3 is 2.33 bits per heavy atom. The molecule has 1 atom stereocenters. The van der Waals surface area contributed by atoms with Crippen LogP contribution in [0.15, 0.2) is 30.3 Å². The van der Waals surface area contributed by atoms with Crippen LogP contribution in [0.25, 0.3) is 0 Å². The Bertz CT molecular complexity index is 600. The largest absolute Gasteiger partial charge is 0.363 e. The molecular weight excluding hydrogens is 290 g/mol. The average molecular weight is 311 g/mol. The van der Waals surface area contributed by atoms with Crippen LogP contribution in [-0.4, -0.2) is 42.6 Å². The van der Waals surface area contributed by atoms with Gasteiger partial charge in [0.1, 0.15) is 5.88 Å². The van der Waals surface area contributed by atoms with Gasteiger partial charge < -0.3 is 9.64 Å². The number of benzene rings is 1. The highest BCUT2D eigenvalue weighted by atomic mass is 32.2. The summed E-state index contributed by atoms with van der Waals surface area (Å²) in [4.78, 5) is 13.6. The average Bonchev–Trinajstić information content (AvgIpc) is 3.21. The van der Waals surface area contributed by atoms with Gasteiger partial charge in [-0.15, -0.1) is 0 Å². The molecule has 5 nitrogen and oxygen atoms in total. The molecule has 0 saturated carbocycles. The van der Waals surface area contributed by atoms with Crippen molar-refractivity contribution in [2.24, 2.45) is 0 Å². The van der Waals surface area contributed by atoms with E-state index in [1.807, 2.05) is 30.3 Å². The highest BCUT2D eigenvalue weighted by Gasteiger charge is 2.39. The van der Waals surface area contributed by atoms with Crippen molar-refractivity contribution in [1.82, 2.24) is 4.90 Å². The number of rotatable bonds is 5. The third-order valence-corrected chi connectivity index (χ3v) is 5.91. The number of hydrogen-bond acceptors (Lipinski definition) is 4. The predicted octanol–water partition coefficient (Wildman–Crippen LogP) is 1.58. The number of hydrogen-bond donors (Lipinski definition) is 0. The molecule has 0 unspecified atom stereocenters. The van der Waals surface area contributed by atoms with Crippen molar-refractivity contribution in [2.75, 3.05) is 12.5 Å². The Morgan fingerprint density at radius 1 is 1.29 bits per heavy atom. The maximum Gasteiger partial charge on any atom is 0.255 e. The summed E-state index contributed by atoms with van der Waals surface area (Å²) in [5.41, 5.74) is 0.899. The van der Waals surface area contributed by atoms with E-state index in [0.29, 0.717) is 6.61 Å². The molecule has 1 amide bonds. The molecule has 0 N–H and O–H groups in total. The third kappa shape index (κ3) is 4.04. The van der Waals surface area contributed by atoms with E-state index in [1.54, 1.807) is 20.8 Å². The van der Waals surface area contributed by atoms with E-state index < -0.39 is 20.7 Å². The topological polar surface area (TPSA) is 67.0 Å². The van der Waals surface area contributed by atoms with Crippen LogP contribution in [0.5, 0.6) is 0 Å². The number of amides is 1. The first-order valence-corrected chi connectivity index (χ1v) is 8.52. The summed E-state index contributed by atoms with van der Waals surface area (Å²) in [6.45, 7) is 5.57. The normalized spacial score (nSPS) is 18.3. The Kier molecular flexibility index (Phi) is 4.39. The van der Waals surface area contributed by atoms with Gasteiger partial charge in [-0.3, -0.25) is 4.79 Å². The van der Waals surface area contributed by atoms with Crippen molar-refractivity contribution >= 4 is 15.7 Å². The lowest BCUT2D eigenvalue weighted by Crippen LogP contribution is -2.43. The number of sulfone groups is 1. The maximum atomic E-state index is 12.4. The second-order valence-corrected chi connectivity index (χ2v) is 8.91. The summed E-state index contributed by atoms with van der Waals surface area (Å²) in [7, 11) is -3.42. The zero-order valence-electron chi connectivity index (χ0n) is 12.6. The first kappa shape index (κ1) is 16.0. The standard InChI is InChI=1S/C15H21NO4S/c1-15(2,3)21(18,19)11-16(14(17)13-10-20-13)9-12-7-5-4-6-8-12/h4-8,13H,9-11H2,1-3H3/t13-/m1/s1. The first-order valence-electron chi connectivity index (χ1n) is 6.87. The molecule has 1 fully saturated rings. The maximum absolute atomic E-state index is 12.4. The summed E-state index contributed by atoms with van der Waals surface area (Å²) in [5.74, 6) is -0.545. The van der Waals surface area contributed by atoms with Crippen LogP contribution >= 0.6 is 0 Å². The Morgan fingerprint density at radius 2 is 1.86 bits per heavy atom. The summed E-state index contributed by atoms with van der Waals surface area (Å²) in [6, 6.07) is 9.36. The van der Waals surface area contributed by atoms with E-state index >= 15 is 0 Å². The zero-order valence-corrected chi connectivity index (χ0v) is 13.4. The Balaban J connectivity index is 2.19. The number of nitrogens with zero attached hydrogens (tertiary/aromatic N) is 1. The van der Waals surface area contributed by atoms with Crippen molar-refractivity contribution < 1.29 is 17.9 Å². The highest BCUT2D eigenvalue weighted by Crippen LogP contribution is 2.21. The molecule has 0 aromatic heterocycles. The SMILES string of the molecule is CC(C)(C)S(=O)(=O)CN(Cc1ccccc1)C(=O)[C@H]1CO1.